The van der Waals surface area contributed by atoms with Crippen molar-refractivity contribution in [3.05, 3.63) is 93.9 Å². The Morgan fingerprint density at radius 1 is 1.18 bits per heavy atom. The molecule has 0 spiro atoms. The normalized spacial score (nSPS) is 15.7. The Morgan fingerprint density at radius 2 is 1.89 bits per heavy atom. The maximum Gasteiger partial charge on any atom is 0.416 e. The van der Waals surface area contributed by atoms with E-state index >= 15 is 0 Å². The number of nitrogens with one attached hydrogen (secondary N) is 1. The molecule has 4 rings (SSSR count). The molecule has 0 radical (unpaired) electrons. The van der Waals surface area contributed by atoms with Crippen molar-refractivity contribution in [1.82, 2.24) is 14.7 Å². The molecule has 1 atom stereocenters. The van der Waals surface area contributed by atoms with E-state index in [0.717, 1.165) is 34.7 Å². The van der Waals surface area contributed by atoms with Crippen molar-refractivity contribution in [1.29, 1.82) is 10.7 Å². The summed E-state index contributed by atoms with van der Waals surface area (Å²) in [6.07, 6.45) is -2.43. The molecule has 11 nitrogen and oxygen atoms in total. The molecule has 1 aliphatic heterocycles. The number of alkyl halides is 3. The molecule has 14 heteroatoms. The van der Waals surface area contributed by atoms with Crippen LogP contribution in [0.2, 0.25) is 0 Å². The summed E-state index contributed by atoms with van der Waals surface area (Å²) in [6, 6.07) is 10.6. The number of allylic oxidation sites excluding steroid dienone is 1. The van der Waals surface area contributed by atoms with E-state index in [1.165, 1.54) is 25.1 Å². The van der Waals surface area contributed by atoms with E-state index in [9.17, 15) is 28.0 Å². The lowest BCUT2D eigenvalue weighted by Gasteiger charge is -2.43. The number of nitrogens with two attached hydrogens (primary N) is 1. The van der Waals surface area contributed by atoms with E-state index in [2.05, 4.69) is 11.2 Å². The number of anilines is 1. The highest BCUT2D eigenvalue weighted by Crippen LogP contribution is 2.42. The minimum absolute atomic E-state index is 0.0789. The topological polar surface area (TPSA) is 141 Å². The molecule has 2 heterocycles. The first kappa shape index (κ1) is 32.7. The molecule has 3 N–H and O–H groups in total. The van der Waals surface area contributed by atoms with Crippen LogP contribution in [0.3, 0.4) is 0 Å². The summed E-state index contributed by atoms with van der Waals surface area (Å²) >= 11 is 0. The minimum Gasteiger partial charge on any atom is -0.466 e. The average Bonchev–Trinajstić information content (AvgIpc) is 3.38. The number of likely N-dealkylation sites (N-methyl/N-ethyl adjacent to an activating group) is 1. The number of hydrogen-bond donors (Lipinski definition) is 2. The van der Waals surface area contributed by atoms with Gasteiger partial charge in [-0.25, -0.2) is 9.59 Å². The SMILES string of the molecule is COC(=O)C1=C(C)N(c2cccc(C(F)(F)F)c2)C(=N)N(C(N)=O)[C@@H]1c1ccc(C#N)cc1CC[N+](C)(C)Cc1ccn(C)n1. The standard InChI is InChI=1S/C31H33F3N8O3/c1-19-26(28(43)45-5)27(41(30(37)44)29(36)40(19)24-8-6-7-22(16-24)31(32,33)34)25-10-9-20(17-35)15-21(25)12-14-42(3,4)18-23-11-13-39(2)38-23/h6-11,13,15-16,27,36H,12,14,18H2,1-5H3,(H-,37,44)/p+1/t27-/m1/s1. The third kappa shape index (κ3) is 6.83. The van der Waals surface area contributed by atoms with Crippen LogP contribution in [-0.2, 0) is 35.7 Å². The van der Waals surface area contributed by atoms with E-state index < -0.39 is 35.7 Å². The molecule has 0 aliphatic carbocycles. The Morgan fingerprint density at radius 3 is 2.47 bits per heavy atom. The van der Waals surface area contributed by atoms with Gasteiger partial charge in [0.05, 0.1) is 50.5 Å². The van der Waals surface area contributed by atoms with Crippen molar-refractivity contribution >= 4 is 23.6 Å². The number of quaternary nitrogens is 1. The Hall–Kier alpha value is -5.16. The molecule has 0 bridgehead atoms. The number of guanidine groups is 1. The van der Waals surface area contributed by atoms with Crippen molar-refractivity contribution in [2.45, 2.75) is 32.1 Å². The summed E-state index contributed by atoms with van der Waals surface area (Å²) in [4.78, 5) is 28.3. The van der Waals surface area contributed by atoms with Crippen molar-refractivity contribution in [3.8, 4) is 6.07 Å². The Balaban J connectivity index is 1.86. The molecule has 1 aromatic heterocycles. The monoisotopic (exact) mass is 623 g/mol. The van der Waals surface area contributed by atoms with Crippen LogP contribution in [0.1, 0.15) is 40.9 Å². The van der Waals surface area contributed by atoms with Gasteiger partial charge in [0.1, 0.15) is 18.3 Å². The maximum absolute atomic E-state index is 13.6. The Bertz CT molecular complexity index is 1720. The molecule has 1 aliphatic rings. The van der Waals surface area contributed by atoms with Crippen molar-refractivity contribution in [3.63, 3.8) is 0 Å². The number of hydrogen-bond acceptors (Lipinski definition) is 6. The average molecular weight is 624 g/mol. The van der Waals surface area contributed by atoms with Gasteiger partial charge in [0.2, 0.25) is 5.96 Å². The molecule has 0 unspecified atom stereocenters. The molecular formula is C31H34F3N8O3+. The van der Waals surface area contributed by atoms with Crippen LogP contribution >= 0.6 is 0 Å². The molecule has 2 aromatic carbocycles. The van der Waals surface area contributed by atoms with Crippen molar-refractivity contribution in [2.24, 2.45) is 12.8 Å². The third-order valence-electron chi connectivity index (χ3n) is 7.68. The quantitative estimate of drug-likeness (QED) is 0.281. The highest BCUT2D eigenvalue weighted by molar-refractivity contribution is 6.10. The first-order valence-corrected chi connectivity index (χ1v) is 13.8. The number of methoxy groups -OCH3 is 1. The van der Waals surface area contributed by atoms with E-state index in [1.807, 2.05) is 33.4 Å². The number of carbonyl (C=O) groups is 2. The largest absolute Gasteiger partial charge is 0.466 e. The highest BCUT2D eigenvalue weighted by Gasteiger charge is 2.44. The van der Waals surface area contributed by atoms with Crippen LogP contribution in [0, 0.1) is 16.7 Å². The number of urea groups is 1. The van der Waals surface area contributed by atoms with Gasteiger partial charge < -0.3 is 15.0 Å². The van der Waals surface area contributed by atoms with E-state index in [4.69, 9.17) is 15.9 Å². The number of carbonyl (C=O) groups excluding carboxylic acids is 2. The zero-order valence-electron chi connectivity index (χ0n) is 25.5. The smallest absolute Gasteiger partial charge is 0.416 e. The first-order valence-electron chi connectivity index (χ1n) is 13.8. The van der Waals surface area contributed by atoms with Gasteiger partial charge in [0.25, 0.3) is 0 Å². The molecule has 0 saturated carbocycles. The molecule has 3 aromatic rings. The lowest BCUT2D eigenvalue weighted by atomic mass is 9.87. The van der Waals surface area contributed by atoms with Gasteiger partial charge in [-0.2, -0.15) is 23.5 Å². The van der Waals surface area contributed by atoms with Gasteiger partial charge in [-0.05, 0) is 54.4 Å². The Kier molecular flexibility index (Phi) is 9.06. The summed E-state index contributed by atoms with van der Waals surface area (Å²) < 4.78 is 48.1. The van der Waals surface area contributed by atoms with Crippen LogP contribution in [0.15, 0.2) is 66.0 Å². The number of halogens is 3. The van der Waals surface area contributed by atoms with E-state index in [0.29, 0.717) is 40.7 Å². The third-order valence-corrected chi connectivity index (χ3v) is 7.68. The number of benzene rings is 2. The number of rotatable bonds is 8. The highest BCUT2D eigenvalue weighted by atomic mass is 19.4. The van der Waals surface area contributed by atoms with Gasteiger partial charge in [0.15, 0.2) is 0 Å². The fraction of sp³-hybridized carbons (Fsp3) is 0.323. The number of nitriles is 1. The summed E-state index contributed by atoms with van der Waals surface area (Å²) in [5.74, 6) is -1.42. The molecular weight excluding hydrogens is 589 g/mol. The maximum atomic E-state index is 13.6. The van der Waals surface area contributed by atoms with Gasteiger partial charge >= 0.3 is 18.2 Å². The zero-order valence-corrected chi connectivity index (χ0v) is 25.5. The fourth-order valence-corrected chi connectivity index (χ4v) is 5.52. The van der Waals surface area contributed by atoms with E-state index in [-0.39, 0.29) is 17.0 Å². The number of aryl methyl sites for hydroxylation is 1. The second kappa shape index (κ2) is 12.4. The lowest BCUT2D eigenvalue weighted by molar-refractivity contribution is -0.903. The molecule has 236 valence electrons. The van der Waals surface area contributed by atoms with Crippen molar-refractivity contribution < 1.29 is 32.0 Å². The van der Waals surface area contributed by atoms with Crippen LogP contribution in [0.4, 0.5) is 23.7 Å². The van der Waals surface area contributed by atoms with Gasteiger partial charge in [-0.3, -0.25) is 19.9 Å². The second-order valence-corrected chi connectivity index (χ2v) is 11.4. The van der Waals surface area contributed by atoms with Crippen LogP contribution < -0.4 is 10.6 Å². The first-order chi connectivity index (χ1) is 21.1. The summed E-state index contributed by atoms with van der Waals surface area (Å²) in [5.41, 5.74) is 6.97. The van der Waals surface area contributed by atoms with Gasteiger partial charge in [-0.1, -0.05) is 12.1 Å². The summed E-state index contributed by atoms with van der Waals surface area (Å²) in [7, 11) is 7.01. The fourth-order valence-electron chi connectivity index (χ4n) is 5.52. The zero-order chi connectivity index (χ0) is 33.3. The molecule has 0 fully saturated rings. The number of nitrogens with zero attached hydrogens (tertiary/aromatic N) is 6. The summed E-state index contributed by atoms with van der Waals surface area (Å²) in [6.45, 7) is 2.63. The predicted molar refractivity (Wildman–Crippen MR) is 159 cm³/mol. The number of amides is 2. The molecule has 45 heavy (non-hydrogen) atoms. The van der Waals surface area contributed by atoms with E-state index in [1.54, 1.807) is 16.8 Å². The minimum atomic E-state index is -4.68. The van der Waals surface area contributed by atoms with Gasteiger partial charge in [0, 0.05) is 31.0 Å². The molecule has 0 saturated heterocycles. The lowest BCUT2D eigenvalue weighted by Crippen LogP contribution is -2.55. The number of esters is 1. The molecule has 2 amide bonds. The van der Waals surface area contributed by atoms with Crippen molar-refractivity contribution in [2.75, 3.05) is 32.6 Å². The Labute approximate surface area is 258 Å². The number of primary amides is 1. The summed E-state index contributed by atoms with van der Waals surface area (Å²) in [5, 5.41) is 23.1. The van der Waals surface area contributed by atoms with Gasteiger partial charge in [-0.15, -0.1) is 0 Å². The van der Waals surface area contributed by atoms with Crippen LogP contribution in [0.25, 0.3) is 0 Å². The van der Waals surface area contributed by atoms with Crippen LogP contribution in [0.5, 0.6) is 0 Å². The number of ether oxygens (including phenoxy) is 1. The number of aromatic nitrogens is 2. The van der Waals surface area contributed by atoms with Crippen LogP contribution in [-0.4, -0.2) is 64.9 Å². The second-order valence-electron chi connectivity index (χ2n) is 11.4. The predicted octanol–water partition coefficient (Wildman–Crippen LogP) is 4.45.